The van der Waals surface area contributed by atoms with Gasteiger partial charge in [-0.1, -0.05) is 27.2 Å². The molecule has 0 spiro atoms. The van der Waals surface area contributed by atoms with Crippen molar-refractivity contribution in [2.45, 2.75) is 39.7 Å². The van der Waals surface area contributed by atoms with Crippen LogP contribution in [0.4, 0.5) is 0 Å². The van der Waals surface area contributed by atoms with E-state index < -0.39 is 0 Å². The van der Waals surface area contributed by atoms with Crippen LogP contribution >= 0.6 is 0 Å². The maximum absolute atomic E-state index is 7.49. The van der Waals surface area contributed by atoms with Crippen molar-refractivity contribution in [2.24, 2.45) is 16.6 Å². The van der Waals surface area contributed by atoms with Gasteiger partial charge in [-0.3, -0.25) is 0 Å². The van der Waals surface area contributed by atoms with E-state index in [-0.39, 0.29) is 5.92 Å². The van der Waals surface area contributed by atoms with Gasteiger partial charge in [0.15, 0.2) is 0 Å². The summed E-state index contributed by atoms with van der Waals surface area (Å²) in [6, 6.07) is 0. The molecule has 5 N–H and O–H groups in total. The van der Waals surface area contributed by atoms with Gasteiger partial charge in [0.1, 0.15) is 11.7 Å². The summed E-state index contributed by atoms with van der Waals surface area (Å²) < 4.78 is 5.87. The molecule has 29 heavy (non-hydrogen) atoms. The van der Waals surface area contributed by atoms with Crippen molar-refractivity contribution >= 4 is 12.1 Å². The summed E-state index contributed by atoms with van der Waals surface area (Å²) >= 11 is 0. The van der Waals surface area contributed by atoms with Crippen molar-refractivity contribution in [3.63, 3.8) is 0 Å². The molecule has 1 fully saturated rings. The van der Waals surface area contributed by atoms with Crippen LogP contribution < -0.4 is 16.4 Å². The average Bonchev–Trinajstić information content (AvgIpc) is 2.67. The zero-order valence-electron chi connectivity index (χ0n) is 17.5. The molecular formula is C22H32N6O. The molecule has 0 saturated carbocycles. The number of ether oxygens (including phenoxy) is 1. The van der Waals surface area contributed by atoms with Crippen LogP contribution in [0.3, 0.4) is 0 Å². The highest BCUT2D eigenvalue weighted by atomic mass is 16.5. The third-order valence-electron chi connectivity index (χ3n) is 5.09. The SMILES string of the molecule is CCCCOC1CN(C2=CNC3=CC=C(N=C(N)C=C(C=N)C(C)C)NC3=C2)C1. The lowest BCUT2D eigenvalue weighted by Crippen LogP contribution is -2.51. The predicted octanol–water partition coefficient (Wildman–Crippen LogP) is 2.73. The second-order valence-corrected chi connectivity index (χ2v) is 7.76. The third-order valence-corrected chi connectivity index (χ3v) is 5.09. The fourth-order valence-electron chi connectivity index (χ4n) is 3.19. The standard InChI is InChI=1S/C22H32N6O/c1-4-5-8-29-18-13-28(14-18)17-10-20-19(25-12-17)6-7-22(26-20)27-21(24)9-16(11-23)15(2)3/h6-7,9-12,15,18,23,25-26H,4-5,8,13-14H2,1-3H3,(H2,24,27). The molecule has 7 heteroatoms. The maximum atomic E-state index is 7.49. The summed E-state index contributed by atoms with van der Waals surface area (Å²) in [6.07, 6.45) is 13.7. The zero-order valence-corrected chi connectivity index (χ0v) is 17.5. The van der Waals surface area contributed by atoms with Gasteiger partial charge >= 0.3 is 0 Å². The number of hydrogen-bond donors (Lipinski definition) is 4. The molecule has 0 aromatic heterocycles. The normalized spacial score (nSPS) is 19.9. The highest BCUT2D eigenvalue weighted by Gasteiger charge is 2.29. The summed E-state index contributed by atoms with van der Waals surface area (Å²) in [7, 11) is 0. The van der Waals surface area contributed by atoms with Gasteiger partial charge in [-0.25, -0.2) is 4.99 Å². The van der Waals surface area contributed by atoms with E-state index in [1.165, 1.54) is 6.21 Å². The topological polar surface area (TPSA) is 98.8 Å². The number of amidine groups is 1. The Bertz CT molecular complexity index is 809. The van der Waals surface area contributed by atoms with Crippen molar-refractivity contribution in [1.82, 2.24) is 15.5 Å². The molecule has 0 aliphatic carbocycles. The Morgan fingerprint density at radius 2 is 2.17 bits per heavy atom. The number of dihydropyridines is 2. The third kappa shape index (κ3) is 5.38. The summed E-state index contributed by atoms with van der Waals surface area (Å²) in [5.74, 6) is 1.28. The van der Waals surface area contributed by atoms with Gasteiger partial charge in [-0.2, -0.15) is 0 Å². The van der Waals surface area contributed by atoms with Crippen LogP contribution in [0, 0.1) is 11.3 Å². The Morgan fingerprint density at radius 3 is 2.86 bits per heavy atom. The number of nitrogens with zero attached hydrogens (tertiary/aromatic N) is 2. The van der Waals surface area contributed by atoms with E-state index in [1.54, 1.807) is 6.08 Å². The minimum Gasteiger partial charge on any atom is -0.384 e. The number of rotatable bonds is 9. The molecule has 3 aliphatic heterocycles. The first-order valence-corrected chi connectivity index (χ1v) is 10.3. The highest BCUT2D eigenvalue weighted by Crippen LogP contribution is 2.25. The number of hydrogen-bond acceptors (Lipinski definition) is 6. The lowest BCUT2D eigenvalue weighted by Gasteiger charge is -2.42. The van der Waals surface area contributed by atoms with Crippen molar-refractivity contribution in [3.05, 3.63) is 59.0 Å². The Labute approximate surface area is 173 Å². The smallest absolute Gasteiger partial charge is 0.132 e. The summed E-state index contributed by atoms with van der Waals surface area (Å²) in [5.41, 5.74) is 10.00. The molecule has 156 valence electrons. The minimum absolute atomic E-state index is 0.227. The molecule has 1 saturated heterocycles. The first kappa shape index (κ1) is 20.9. The Balaban J connectivity index is 1.60. The molecule has 7 nitrogen and oxygen atoms in total. The molecule has 0 unspecified atom stereocenters. The lowest BCUT2D eigenvalue weighted by atomic mass is 10.0. The van der Waals surface area contributed by atoms with Crippen LogP contribution in [-0.2, 0) is 4.74 Å². The van der Waals surface area contributed by atoms with E-state index in [0.717, 1.165) is 55.2 Å². The van der Waals surface area contributed by atoms with Gasteiger partial charge in [-0.05, 0) is 42.2 Å². The van der Waals surface area contributed by atoms with Crippen LogP contribution in [0.2, 0.25) is 0 Å². The molecular weight excluding hydrogens is 364 g/mol. The van der Waals surface area contributed by atoms with Crippen LogP contribution in [-0.4, -0.2) is 42.8 Å². The molecule has 3 aliphatic rings. The van der Waals surface area contributed by atoms with E-state index in [2.05, 4.69) is 33.5 Å². The van der Waals surface area contributed by atoms with Crippen molar-refractivity contribution in [3.8, 4) is 0 Å². The number of likely N-dealkylation sites (tertiary alicyclic amines) is 1. The Hall–Kier alpha value is -2.80. The molecule has 0 bridgehead atoms. The number of nitrogens with two attached hydrogens (primary N) is 1. The zero-order chi connectivity index (χ0) is 20.8. The number of fused-ring (bicyclic) bond motifs is 1. The fraction of sp³-hybridized carbons (Fsp3) is 0.455. The number of aliphatic imine (C=N–C) groups is 1. The summed E-state index contributed by atoms with van der Waals surface area (Å²) in [5, 5.41) is 14.2. The van der Waals surface area contributed by atoms with Gasteiger partial charge in [0, 0.05) is 32.1 Å². The van der Waals surface area contributed by atoms with E-state index >= 15 is 0 Å². The average molecular weight is 397 g/mol. The van der Waals surface area contributed by atoms with Crippen LogP contribution in [0.5, 0.6) is 0 Å². The van der Waals surface area contributed by atoms with Crippen molar-refractivity contribution < 1.29 is 4.74 Å². The predicted molar refractivity (Wildman–Crippen MR) is 118 cm³/mol. The molecule has 0 amide bonds. The maximum Gasteiger partial charge on any atom is 0.132 e. The Morgan fingerprint density at radius 1 is 1.38 bits per heavy atom. The molecule has 0 aromatic carbocycles. The number of unbranched alkanes of at least 4 members (excludes halogenated alkanes) is 1. The van der Waals surface area contributed by atoms with Crippen LogP contribution in [0.15, 0.2) is 64.0 Å². The van der Waals surface area contributed by atoms with Gasteiger partial charge in [0.2, 0.25) is 0 Å². The molecule has 0 radical (unpaired) electrons. The largest absolute Gasteiger partial charge is 0.384 e. The van der Waals surface area contributed by atoms with Gasteiger partial charge in [0.25, 0.3) is 0 Å². The lowest BCUT2D eigenvalue weighted by molar-refractivity contribution is -0.0390. The summed E-state index contributed by atoms with van der Waals surface area (Å²) in [4.78, 5) is 6.75. The Kier molecular flexibility index (Phi) is 6.93. The van der Waals surface area contributed by atoms with Crippen molar-refractivity contribution in [1.29, 1.82) is 5.41 Å². The molecule has 0 aromatic rings. The quantitative estimate of drug-likeness (QED) is 0.273. The first-order chi connectivity index (χ1) is 14.0. The second-order valence-electron chi connectivity index (χ2n) is 7.76. The molecule has 0 atom stereocenters. The van der Waals surface area contributed by atoms with E-state index in [9.17, 15) is 0 Å². The first-order valence-electron chi connectivity index (χ1n) is 10.3. The van der Waals surface area contributed by atoms with Gasteiger partial charge < -0.3 is 31.4 Å². The second kappa shape index (κ2) is 9.60. The molecule has 3 rings (SSSR count). The number of allylic oxidation sites excluding steroid dienone is 4. The fourth-order valence-corrected chi connectivity index (χ4v) is 3.19. The minimum atomic E-state index is 0.227. The van der Waals surface area contributed by atoms with E-state index in [0.29, 0.717) is 17.8 Å². The van der Waals surface area contributed by atoms with E-state index in [4.69, 9.17) is 15.9 Å². The summed E-state index contributed by atoms with van der Waals surface area (Å²) in [6.45, 7) is 8.91. The van der Waals surface area contributed by atoms with Crippen LogP contribution in [0.1, 0.15) is 33.6 Å². The monoisotopic (exact) mass is 396 g/mol. The van der Waals surface area contributed by atoms with Gasteiger partial charge in [-0.15, -0.1) is 0 Å². The van der Waals surface area contributed by atoms with Gasteiger partial charge in [0.05, 0.1) is 23.2 Å². The van der Waals surface area contributed by atoms with E-state index in [1.807, 2.05) is 32.2 Å². The highest BCUT2D eigenvalue weighted by molar-refractivity contribution is 5.97. The van der Waals surface area contributed by atoms with Crippen molar-refractivity contribution in [2.75, 3.05) is 19.7 Å². The molecule has 3 heterocycles. The van der Waals surface area contributed by atoms with Crippen LogP contribution in [0.25, 0.3) is 0 Å². The number of nitrogens with one attached hydrogen (secondary N) is 3.